The molecule has 0 aliphatic carbocycles. The van der Waals surface area contributed by atoms with Crippen LogP contribution >= 0.6 is 0 Å². The van der Waals surface area contributed by atoms with Crippen molar-refractivity contribution in [2.24, 2.45) is 0 Å². The number of aryl methyl sites for hydroxylation is 1. The molecule has 2 rings (SSSR count). The van der Waals surface area contributed by atoms with Gasteiger partial charge in [0.2, 0.25) is 5.91 Å². The normalized spacial score (nSPS) is 11.6. The van der Waals surface area contributed by atoms with Crippen molar-refractivity contribution in [2.75, 3.05) is 17.7 Å². The lowest BCUT2D eigenvalue weighted by Crippen LogP contribution is -2.31. The number of amides is 1. The largest absolute Gasteiger partial charge is 0.495 e. The minimum absolute atomic E-state index is 0.107. The summed E-state index contributed by atoms with van der Waals surface area (Å²) >= 11 is 0. The third kappa shape index (κ3) is 4.01. The molecule has 0 spiro atoms. The van der Waals surface area contributed by atoms with E-state index in [0.717, 1.165) is 12.1 Å². The molecule has 2 N–H and O–H groups in total. The van der Waals surface area contributed by atoms with Gasteiger partial charge in [-0.25, -0.2) is 0 Å². The van der Waals surface area contributed by atoms with Gasteiger partial charge in [-0.05, 0) is 43.2 Å². The zero-order chi connectivity index (χ0) is 15.9. The van der Waals surface area contributed by atoms with Crippen molar-refractivity contribution in [3.05, 3.63) is 54.1 Å². The Kier molecular flexibility index (Phi) is 5.42. The molecule has 0 saturated carbocycles. The zero-order valence-electron chi connectivity index (χ0n) is 13.2. The number of rotatable bonds is 6. The number of hydrogen-bond donors (Lipinski definition) is 2. The van der Waals surface area contributed by atoms with Crippen molar-refractivity contribution in [3.63, 3.8) is 0 Å². The van der Waals surface area contributed by atoms with Gasteiger partial charge in [-0.3, -0.25) is 4.79 Å². The van der Waals surface area contributed by atoms with E-state index in [1.807, 2.05) is 43.3 Å². The summed E-state index contributed by atoms with van der Waals surface area (Å²) < 4.78 is 5.23. The average molecular weight is 298 g/mol. The standard InChI is InChI=1S/C18H22N2O2/c1-4-14-9-11-15(12-10-14)19-13(2)18(21)20-16-7-5-6-8-17(16)22-3/h5-13,19H,4H2,1-3H3,(H,20,21)/t13-/m0/s1. The summed E-state index contributed by atoms with van der Waals surface area (Å²) in [5.74, 6) is 0.541. The van der Waals surface area contributed by atoms with Crippen molar-refractivity contribution >= 4 is 17.3 Å². The van der Waals surface area contributed by atoms with Crippen molar-refractivity contribution in [2.45, 2.75) is 26.3 Å². The predicted octanol–water partition coefficient (Wildman–Crippen LogP) is 3.70. The molecule has 0 unspecified atom stereocenters. The summed E-state index contributed by atoms with van der Waals surface area (Å²) in [4.78, 5) is 12.3. The van der Waals surface area contributed by atoms with Gasteiger partial charge in [-0.2, -0.15) is 0 Å². The third-order valence-electron chi connectivity index (χ3n) is 3.50. The Morgan fingerprint density at radius 1 is 1.14 bits per heavy atom. The van der Waals surface area contributed by atoms with Gasteiger partial charge in [0.15, 0.2) is 0 Å². The maximum atomic E-state index is 12.3. The molecule has 0 aromatic heterocycles. The van der Waals surface area contributed by atoms with Crippen LogP contribution in [0.1, 0.15) is 19.4 Å². The van der Waals surface area contributed by atoms with Crippen LogP contribution in [-0.4, -0.2) is 19.1 Å². The van der Waals surface area contributed by atoms with Crippen LogP contribution in [0.5, 0.6) is 5.75 Å². The highest BCUT2D eigenvalue weighted by Gasteiger charge is 2.14. The highest BCUT2D eigenvalue weighted by Crippen LogP contribution is 2.23. The molecule has 0 radical (unpaired) electrons. The number of para-hydroxylation sites is 2. The Bertz CT molecular complexity index is 623. The molecule has 4 nitrogen and oxygen atoms in total. The van der Waals surface area contributed by atoms with Gasteiger partial charge >= 0.3 is 0 Å². The van der Waals surface area contributed by atoms with Gasteiger partial charge in [0.1, 0.15) is 11.8 Å². The lowest BCUT2D eigenvalue weighted by molar-refractivity contribution is -0.116. The summed E-state index contributed by atoms with van der Waals surface area (Å²) in [6.07, 6.45) is 1.00. The molecule has 1 amide bonds. The fraction of sp³-hybridized carbons (Fsp3) is 0.278. The molecule has 0 heterocycles. The Labute approximate surface area is 131 Å². The zero-order valence-corrected chi connectivity index (χ0v) is 13.2. The molecular formula is C18H22N2O2. The van der Waals surface area contributed by atoms with E-state index in [4.69, 9.17) is 4.74 Å². The second-order valence-corrected chi connectivity index (χ2v) is 5.11. The molecule has 116 valence electrons. The Morgan fingerprint density at radius 3 is 2.45 bits per heavy atom. The molecule has 0 aliphatic rings. The Morgan fingerprint density at radius 2 is 1.82 bits per heavy atom. The molecule has 0 saturated heterocycles. The van der Waals surface area contributed by atoms with Crippen LogP contribution in [0.2, 0.25) is 0 Å². The third-order valence-corrected chi connectivity index (χ3v) is 3.50. The summed E-state index contributed by atoms with van der Waals surface area (Å²) in [6.45, 7) is 3.95. The molecule has 0 bridgehead atoms. The van der Waals surface area contributed by atoms with Crippen LogP contribution in [0.3, 0.4) is 0 Å². The Balaban J connectivity index is 1.99. The molecule has 2 aromatic rings. The average Bonchev–Trinajstić information content (AvgIpc) is 2.56. The lowest BCUT2D eigenvalue weighted by atomic mass is 10.1. The summed E-state index contributed by atoms with van der Waals surface area (Å²) in [5.41, 5.74) is 2.88. The summed E-state index contributed by atoms with van der Waals surface area (Å²) in [7, 11) is 1.59. The van der Waals surface area contributed by atoms with Crippen molar-refractivity contribution in [1.82, 2.24) is 0 Å². The number of anilines is 2. The first-order valence-electron chi connectivity index (χ1n) is 7.43. The van der Waals surface area contributed by atoms with Gasteiger partial charge in [0.25, 0.3) is 0 Å². The number of ether oxygens (including phenoxy) is 1. The number of nitrogens with one attached hydrogen (secondary N) is 2. The summed E-state index contributed by atoms with van der Waals surface area (Å²) in [6, 6.07) is 15.1. The van der Waals surface area contributed by atoms with Crippen LogP contribution in [0, 0.1) is 0 Å². The van der Waals surface area contributed by atoms with E-state index >= 15 is 0 Å². The van der Waals surface area contributed by atoms with Crippen LogP contribution in [0.15, 0.2) is 48.5 Å². The fourth-order valence-corrected chi connectivity index (χ4v) is 2.14. The monoisotopic (exact) mass is 298 g/mol. The highest BCUT2D eigenvalue weighted by molar-refractivity contribution is 5.97. The maximum absolute atomic E-state index is 12.3. The number of carbonyl (C=O) groups is 1. The molecular weight excluding hydrogens is 276 g/mol. The lowest BCUT2D eigenvalue weighted by Gasteiger charge is -2.16. The predicted molar refractivity (Wildman–Crippen MR) is 90.5 cm³/mol. The number of carbonyl (C=O) groups excluding carboxylic acids is 1. The molecule has 0 aliphatic heterocycles. The first-order chi connectivity index (χ1) is 10.6. The van der Waals surface area contributed by atoms with E-state index in [1.165, 1.54) is 5.56 Å². The first-order valence-corrected chi connectivity index (χ1v) is 7.43. The van der Waals surface area contributed by atoms with E-state index in [-0.39, 0.29) is 11.9 Å². The second kappa shape index (κ2) is 7.50. The number of methoxy groups -OCH3 is 1. The van der Waals surface area contributed by atoms with Crippen LogP contribution in [0.25, 0.3) is 0 Å². The quantitative estimate of drug-likeness (QED) is 0.855. The van der Waals surface area contributed by atoms with Gasteiger partial charge in [-0.15, -0.1) is 0 Å². The second-order valence-electron chi connectivity index (χ2n) is 5.11. The van der Waals surface area contributed by atoms with Crippen LogP contribution in [0.4, 0.5) is 11.4 Å². The SMILES string of the molecule is CCc1ccc(N[C@@H](C)C(=O)Nc2ccccc2OC)cc1. The Hall–Kier alpha value is -2.49. The van der Waals surface area contributed by atoms with E-state index in [1.54, 1.807) is 7.11 Å². The van der Waals surface area contributed by atoms with Crippen molar-refractivity contribution < 1.29 is 9.53 Å². The van der Waals surface area contributed by atoms with Crippen LogP contribution < -0.4 is 15.4 Å². The van der Waals surface area contributed by atoms with E-state index in [2.05, 4.69) is 29.7 Å². The van der Waals surface area contributed by atoms with Gasteiger partial charge < -0.3 is 15.4 Å². The van der Waals surface area contributed by atoms with Crippen molar-refractivity contribution in [3.8, 4) is 5.75 Å². The summed E-state index contributed by atoms with van der Waals surface area (Å²) in [5, 5.41) is 6.08. The van der Waals surface area contributed by atoms with Gasteiger partial charge in [-0.1, -0.05) is 31.2 Å². The molecule has 4 heteroatoms. The number of hydrogen-bond acceptors (Lipinski definition) is 3. The smallest absolute Gasteiger partial charge is 0.246 e. The molecule has 2 aromatic carbocycles. The highest BCUT2D eigenvalue weighted by atomic mass is 16.5. The fourth-order valence-electron chi connectivity index (χ4n) is 2.14. The van der Waals surface area contributed by atoms with E-state index in [9.17, 15) is 4.79 Å². The molecule has 1 atom stereocenters. The van der Waals surface area contributed by atoms with E-state index < -0.39 is 0 Å². The van der Waals surface area contributed by atoms with Gasteiger partial charge in [0, 0.05) is 5.69 Å². The molecule has 0 fully saturated rings. The van der Waals surface area contributed by atoms with Crippen LogP contribution in [-0.2, 0) is 11.2 Å². The topological polar surface area (TPSA) is 50.4 Å². The number of benzene rings is 2. The molecule has 22 heavy (non-hydrogen) atoms. The van der Waals surface area contributed by atoms with Crippen molar-refractivity contribution in [1.29, 1.82) is 0 Å². The first kappa shape index (κ1) is 15.9. The maximum Gasteiger partial charge on any atom is 0.246 e. The van der Waals surface area contributed by atoms with Gasteiger partial charge in [0.05, 0.1) is 12.8 Å². The minimum Gasteiger partial charge on any atom is -0.495 e. The minimum atomic E-state index is -0.350. The van der Waals surface area contributed by atoms with E-state index in [0.29, 0.717) is 11.4 Å².